The lowest BCUT2D eigenvalue weighted by molar-refractivity contribution is 0.589. The molecule has 23 heavy (non-hydrogen) atoms. The van der Waals surface area contributed by atoms with Crippen molar-refractivity contribution in [1.29, 1.82) is 0 Å². The third-order valence-electron chi connectivity index (χ3n) is 3.95. The van der Waals surface area contributed by atoms with Crippen molar-refractivity contribution >= 4 is 15.7 Å². The first-order valence-corrected chi connectivity index (χ1v) is 8.61. The van der Waals surface area contributed by atoms with Gasteiger partial charge in [-0.05, 0) is 48.7 Å². The summed E-state index contributed by atoms with van der Waals surface area (Å²) < 4.78 is 27.3. The minimum Gasteiger partial charge on any atom is -0.265 e. The van der Waals surface area contributed by atoms with Gasteiger partial charge in [-0.2, -0.15) is 0 Å². The van der Waals surface area contributed by atoms with Crippen LogP contribution in [0, 0.1) is 13.8 Å². The molecule has 1 heterocycles. The molecular formula is C16H16N4O2S. The number of fused-ring (bicyclic) bond motifs is 1. The first kappa shape index (κ1) is 15.4. The Labute approximate surface area is 135 Å². The molecule has 0 saturated heterocycles. The number of hydrogen-bond donors (Lipinski definition) is 0. The number of anilines is 1. The van der Waals surface area contributed by atoms with Gasteiger partial charge in [0.2, 0.25) is 0 Å². The molecule has 0 bridgehead atoms. The zero-order valence-corrected chi connectivity index (χ0v) is 13.7. The van der Waals surface area contributed by atoms with E-state index in [4.69, 9.17) is 5.53 Å². The van der Waals surface area contributed by atoms with Gasteiger partial charge < -0.3 is 0 Å². The van der Waals surface area contributed by atoms with Crippen molar-refractivity contribution in [3.05, 3.63) is 69.6 Å². The molecule has 0 radical (unpaired) electrons. The molecule has 1 unspecified atom stereocenters. The topological polar surface area (TPSA) is 86.1 Å². The summed E-state index contributed by atoms with van der Waals surface area (Å²) in [7, 11) is -3.69. The molecule has 6 nitrogen and oxygen atoms in total. The Morgan fingerprint density at radius 1 is 1.13 bits per heavy atom. The van der Waals surface area contributed by atoms with Gasteiger partial charge in [0.1, 0.15) is 0 Å². The van der Waals surface area contributed by atoms with Crippen LogP contribution < -0.4 is 4.31 Å². The molecule has 7 heteroatoms. The fraction of sp³-hybridized carbons (Fsp3) is 0.250. The normalized spacial score (nSPS) is 16.8. The average Bonchev–Trinajstić information content (AvgIpc) is 2.87. The molecule has 0 amide bonds. The number of aryl methyl sites for hydroxylation is 2. The van der Waals surface area contributed by atoms with Gasteiger partial charge in [0.25, 0.3) is 10.0 Å². The molecule has 1 atom stereocenters. The Morgan fingerprint density at radius 2 is 1.78 bits per heavy atom. The summed E-state index contributed by atoms with van der Waals surface area (Å²) in [4.78, 5) is 3.08. The van der Waals surface area contributed by atoms with Crippen molar-refractivity contribution in [1.82, 2.24) is 0 Å². The van der Waals surface area contributed by atoms with Crippen LogP contribution in [-0.2, 0) is 10.0 Å². The lowest BCUT2D eigenvalue weighted by Crippen LogP contribution is -2.29. The maximum Gasteiger partial charge on any atom is 0.264 e. The van der Waals surface area contributed by atoms with Gasteiger partial charge in [-0.3, -0.25) is 4.31 Å². The van der Waals surface area contributed by atoms with Crippen LogP contribution in [0.3, 0.4) is 0 Å². The predicted molar refractivity (Wildman–Crippen MR) is 88.8 cm³/mol. The zero-order chi connectivity index (χ0) is 16.6. The van der Waals surface area contributed by atoms with Crippen LogP contribution >= 0.6 is 0 Å². The molecule has 2 aromatic rings. The summed E-state index contributed by atoms with van der Waals surface area (Å²) in [6, 6.07) is 11.8. The van der Waals surface area contributed by atoms with Gasteiger partial charge in [-0.25, -0.2) is 8.42 Å². The molecule has 0 saturated carbocycles. The number of benzene rings is 2. The first-order valence-electron chi connectivity index (χ1n) is 7.17. The SMILES string of the molecule is Cc1ccc(S(=O)(=O)N2CC(N=[N+]=[N-])c3ccc(C)cc32)cc1. The van der Waals surface area contributed by atoms with E-state index in [-0.39, 0.29) is 11.4 Å². The summed E-state index contributed by atoms with van der Waals surface area (Å²) in [5.74, 6) is 0. The highest BCUT2D eigenvalue weighted by Crippen LogP contribution is 2.40. The van der Waals surface area contributed by atoms with Gasteiger partial charge in [-0.1, -0.05) is 34.9 Å². The van der Waals surface area contributed by atoms with Crippen molar-refractivity contribution in [2.24, 2.45) is 5.11 Å². The summed E-state index contributed by atoms with van der Waals surface area (Å²) >= 11 is 0. The zero-order valence-electron chi connectivity index (χ0n) is 12.8. The molecular weight excluding hydrogens is 312 g/mol. The van der Waals surface area contributed by atoms with Crippen molar-refractivity contribution in [3.8, 4) is 0 Å². The fourth-order valence-corrected chi connectivity index (χ4v) is 4.22. The van der Waals surface area contributed by atoms with Gasteiger partial charge in [-0.15, -0.1) is 0 Å². The summed E-state index contributed by atoms with van der Waals surface area (Å²) in [5, 5.41) is 3.74. The highest BCUT2D eigenvalue weighted by molar-refractivity contribution is 7.92. The third kappa shape index (κ3) is 2.65. The van der Waals surface area contributed by atoms with Crippen LogP contribution in [0.1, 0.15) is 22.7 Å². The highest BCUT2D eigenvalue weighted by atomic mass is 32.2. The van der Waals surface area contributed by atoms with E-state index in [0.29, 0.717) is 5.69 Å². The molecule has 0 aromatic heterocycles. The lowest BCUT2D eigenvalue weighted by atomic mass is 10.1. The van der Waals surface area contributed by atoms with Crippen LogP contribution in [-0.4, -0.2) is 15.0 Å². The van der Waals surface area contributed by atoms with E-state index in [1.165, 1.54) is 4.31 Å². The van der Waals surface area contributed by atoms with Crippen LogP contribution in [0.5, 0.6) is 0 Å². The standard InChI is InChI=1S/C16H16N4O2S/c1-11-3-6-13(7-4-11)23(21,22)20-10-15(18-19-17)14-8-5-12(2)9-16(14)20/h3-9,15H,10H2,1-2H3. The molecule has 0 fully saturated rings. The maximum atomic E-state index is 13.0. The van der Waals surface area contributed by atoms with Gasteiger partial charge in [0.15, 0.2) is 0 Å². The Morgan fingerprint density at radius 3 is 2.43 bits per heavy atom. The van der Waals surface area contributed by atoms with E-state index in [1.54, 1.807) is 24.3 Å². The number of sulfonamides is 1. The molecule has 0 N–H and O–H groups in total. The minimum absolute atomic E-state index is 0.124. The second kappa shape index (κ2) is 5.61. The Kier molecular flexibility index (Phi) is 3.75. The van der Waals surface area contributed by atoms with Crippen LogP contribution in [0.15, 0.2) is 52.5 Å². The van der Waals surface area contributed by atoms with Crippen LogP contribution in [0.2, 0.25) is 0 Å². The van der Waals surface area contributed by atoms with Gasteiger partial charge >= 0.3 is 0 Å². The minimum atomic E-state index is -3.69. The molecule has 3 rings (SSSR count). The number of rotatable bonds is 3. The second-order valence-electron chi connectivity index (χ2n) is 5.63. The molecule has 1 aliphatic heterocycles. The largest absolute Gasteiger partial charge is 0.265 e. The molecule has 2 aromatic carbocycles. The summed E-state index contributed by atoms with van der Waals surface area (Å²) in [5.41, 5.74) is 12.0. The Hall–Kier alpha value is -2.50. The van der Waals surface area contributed by atoms with E-state index in [0.717, 1.165) is 16.7 Å². The second-order valence-corrected chi connectivity index (χ2v) is 7.49. The van der Waals surface area contributed by atoms with E-state index in [9.17, 15) is 8.42 Å². The third-order valence-corrected chi connectivity index (χ3v) is 5.75. The van der Waals surface area contributed by atoms with E-state index in [2.05, 4.69) is 10.0 Å². The average molecular weight is 328 g/mol. The Balaban J connectivity index is 2.12. The maximum absolute atomic E-state index is 13.0. The first-order chi connectivity index (χ1) is 10.9. The van der Waals surface area contributed by atoms with Crippen molar-refractivity contribution in [3.63, 3.8) is 0 Å². The fourth-order valence-electron chi connectivity index (χ4n) is 2.73. The lowest BCUT2D eigenvalue weighted by Gasteiger charge is -2.20. The monoisotopic (exact) mass is 328 g/mol. The molecule has 0 spiro atoms. The summed E-state index contributed by atoms with van der Waals surface area (Å²) in [6.45, 7) is 3.93. The van der Waals surface area contributed by atoms with E-state index in [1.807, 2.05) is 32.0 Å². The quantitative estimate of drug-likeness (QED) is 0.486. The number of azide groups is 1. The van der Waals surface area contributed by atoms with Crippen molar-refractivity contribution in [2.45, 2.75) is 24.8 Å². The Bertz CT molecular complexity index is 900. The van der Waals surface area contributed by atoms with Crippen LogP contribution in [0.4, 0.5) is 5.69 Å². The summed E-state index contributed by atoms with van der Waals surface area (Å²) in [6.07, 6.45) is 0. The smallest absolute Gasteiger partial charge is 0.264 e. The molecule has 118 valence electrons. The molecule has 0 aliphatic carbocycles. The number of nitrogens with zero attached hydrogens (tertiary/aromatic N) is 4. The van der Waals surface area contributed by atoms with Gasteiger partial charge in [0, 0.05) is 11.5 Å². The predicted octanol–water partition coefficient (Wildman–Crippen LogP) is 3.86. The van der Waals surface area contributed by atoms with Gasteiger partial charge in [0.05, 0.1) is 16.6 Å². The van der Waals surface area contributed by atoms with Crippen molar-refractivity contribution in [2.75, 3.05) is 10.8 Å². The highest BCUT2D eigenvalue weighted by Gasteiger charge is 2.36. The van der Waals surface area contributed by atoms with Crippen LogP contribution in [0.25, 0.3) is 10.4 Å². The molecule has 1 aliphatic rings. The van der Waals surface area contributed by atoms with Crippen molar-refractivity contribution < 1.29 is 8.42 Å². The van der Waals surface area contributed by atoms with E-state index < -0.39 is 16.1 Å². The number of hydrogen-bond acceptors (Lipinski definition) is 3. The van der Waals surface area contributed by atoms with E-state index >= 15 is 0 Å².